The fourth-order valence-electron chi connectivity index (χ4n) is 1.97. The normalized spacial score (nSPS) is 10.4. The largest absolute Gasteiger partial charge is 0.480 e. The van der Waals surface area contributed by atoms with Gasteiger partial charge in [-0.2, -0.15) is 0 Å². The summed E-state index contributed by atoms with van der Waals surface area (Å²) in [7, 11) is 0. The molecule has 0 aliphatic heterocycles. The van der Waals surface area contributed by atoms with Crippen molar-refractivity contribution in [1.29, 1.82) is 0 Å². The Balaban J connectivity index is 2.37. The number of hydrogen-bond acceptors (Lipinski definition) is 3. The molecule has 20 heavy (non-hydrogen) atoms. The van der Waals surface area contributed by atoms with Crippen molar-refractivity contribution in [2.45, 2.75) is 0 Å². The molecular formula is C13H12N2O5. The molecule has 2 rings (SSSR count). The van der Waals surface area contributed by atoms with Crippen LogP contribution in [-0.4, -0.2) is 51.0 Å². The van der Waals surface area contributed by atoms with Crippen molar-refractivity contribution in [2.75, 3.05) is 13.1 Å². The number of carboxylic acid groups (broad SMARTS) is 2. The van der Waals surface area contributed by atoms with Gasteiger partial charge in [-0.3, -0.25) is 14.4 Å². The van der Waals surface area contributed by atoms with E-state index in [2.05, 4.69) is 4.98 Å². The summed E-state index contributed by atoms with van der Waals surface area (Å²) in [5, 5.41) is 18.2. The van der Waals surface area contributed by atoms with Crippen molar-refractivity contribution in [3.63, 3.8) is 0 Å². The highest BCUT2D eigenvalue weighted by molar-refractivity contribution is 6.07. The van der Waals surface area contributed by atoms with E-state index >= 15 is 0 Å². The third-order valence-corrected chi connectivity index (χ3v) is 2.76. The number of amides is 1. The van der Waals surface area contributed by atoms with Gasteiger partial charge in [0.05, 0.1) is 0 Å². The van der Waals surface area contributed by atoms with Gasteiger partial charge < -0.3 is 20.1 Å². The van der Waals surface area contributed by atoms with Crippen molar-refractivity contribution in [3.05, 3.63) is 36.0 Å². The third-order valence-electron chi connectivity index (χ3n) is 2.76. The number of nitrogens with one attached hydrogen (secondary N) is 1. The van der Waals surface area contributed by atoms with Crippen LogP contribution in [0, 0.1) is 0 Å². The van der Waals surface area contributed by atoms with Crippen LogP contribution >= 0.6 is 0 Å². The van der Waals surface area contributed by atoms with E-state index in [9.17, 15) is 14.4 Å². The number of carbonyl (C=O) groups is 3. The molecule has 0 saturated carbocycles. The molecule has 1 aromatic heterocycles. The predicted octanol–water partition coefficient (Wildman–Crippen LogP) is 0.779. The first-order valence-electron chi connectivity index (χ1n) is 5.78. The maximum atomic E-state index is 12.3. The number of rotatable bonds is 5. The number of hydrogen-bond donors (Lipinski definition) is 3. The number of aliphatic carboxylic acids is 2. The molecule has 0 aliphatic carbocycles. The lowest BCUT2D eigenvalue weighted by molar-refractivity contribution is -0.140. The second-order valence-electron chi connectivity index (χ2n) is 4.19. The Hall–Kier alpha value is -2.83. The van der Waals surface area contributed by atoms with E-state index < -0.39 is 30.9 Å². The van der Waals surface area contributed by atoms with E-state index in [-0.39, 0.29) is 5.56 Å². The second kappa shape index (κ2) is 5.43. The average Bonchev–Trinajstić information content (AvgIpc) is 2.83. The van der Waals surface area contributed by atoms with Crippen molar-refractivity contribution in [1.82, 2.24) is 9.88 Å². The second-order valence-corrected chi connectivity index (χ2v) is 4.19. The Morgan fingerprint density at radius 1 is 1.05 bits per heavy atom. The molecule has 0 aliphatic rings. The van der Waals surface area contributed by atoms with Gasteiger partial charge in [0, 0.05) is 22.7 Å². The Morgan fingerprint density at radius 2 is 1.70 bits per heavy atom. The molecule has 1 aromatic carbocycles. The number of fused-ring (bicyclic) bond motifs is 1. The highest BCUT2D eigenvalue weighted by atomic mass is 16.4. The fraction of sp³-hybridized carbons (Fsp3) is 0.154. The molecular weight excluding hydrogens is 264 g/mol. The standard InChI is InChI=1S/C13H12N2O5/c16-11(17)6-15(7-12(18)19)13(20)9-2-1-3-10-8(9)4-5-14-10/h1-5,14H,6-7H2,(H,16,17)(H,18,19). The van der Waals surface area contributed by atoms with Crippen LogP contribution < -0.4 is 0 Å². The maximum Gasteiger partial charge on any atom is 0.323 e. The van der Waals surface area contributed by atoms with Crippen LogP contribution in [-0.2, 0) is 9.59 Å². The van der Waals surface area contributed by atoms with Crippen LogP contribution in [0.1, 0.15) is 10.4 Å². The monoisotopic (exact) mass is 276 g/mol. The van der Waals surface area contributed by atoms with E-state index in [1.807, 2.05) is 0 Å². The van der Waals surface area contributed by atoms with Gasteiger partial charge in [-0.25, -0.2) is 0 Å². The number of benzene rings is 1. The third kappa shape index (κ3) is 2.77. The molecule has 7 heteroatoms. The first kappa shape index (κ1) is 13.6. The number of H-pyrrole nitrogens is 1. The van der Waals surface area contributed by atoms with Crippen molar-refractivity contribution < 1.29 is 24.6 Å². The Labute approximate surface area is 113 Å². The summed E-state index contributed by atoms with van der Waals surface area (Å²) < 4.78 is 0. The number of aromatic amines is 1. The Morgan fingerprint density at radius 3 is 2.30 bits per heavy atom. The maximum absolute atomic E-state index is 12.3. The summed E-state index contributed by atoms with van der Waals surface area (Å²) in [6.07, 6.45) is 1.65. The van der Waals surface area contributed by atoms with E-state index in [1.54, 1.807) is 24.4 Å². The van der Waals surface area contributed by atoms with Crippen molar-refractivity contribution in [2.24, 2.45) is 0 Å². The van der Waals surface area contributed by atoms with Gasteiger partial charge in [-0.15, -0.1) is 0 Å². The van der Waals surface area contributed by atoms with Crippen molar-refractivity contribution >= 4 is 28.7 Å². The lowest BCUT2D eigenvalue weighted by atomic mass is 10.1. The zero-order chi connectivity index (χ0) is 14.7. The van der Waals surface area contributed by atoms with E-state index in [4.69, 9.17) is 10.2 Å². The van der Waals surface area contributed by atoms with Gasteiger partial charge >= 0.3 is 11.9 Å². The highest BCUT2D eigenvalue weighted by Crippen LogP contribution is 2.19. The summed E-state index contributed by atoms with van der Waals surface area (Å²) >= 11 is 0. The quantitative estimate of drug-likeness (QED) is 0.747. The first-order chi connectivity index (χ1) is 9.49. The van der Waals surface area contributed by atoms with Gasteiger partial charge in [0.25, 0.3) is 5.91 Å². The number of carboxylic acids is 2. The number of nitrogens with zero attached hydrogens (tertiary/aromatic N) is 1. The van der Waals surface area contributed by atoms with E-state index in [0.717, 1.165) is 10.4 Å². The van der Waals surface area contributed by atoms with Gasteiger partial charge in [0.15, 0.2) is 0 Å². The Kier molecular flexibility index (Phi) is 3.69. The van der Waals surface area contributed by atoms with Crippen LogP contribution in [0.15, 0.2) is 30.5 Å². The molecule has 104 valence electrons. The molecule has 0 radical (unpaired) electrons. The zero-order valence-electron chi connectivity index (χ0n) is 10.4. The predicted molar refractivity (Wildman–Crippen MR) is 69.5 cm³/mol. The molecule has 0 fully saturated rings. The van der Waals surface area contributed by atoms with Crippen LogP contribution in [0.25, 0.3) is 10.9 Å². The molecule has 0 unspecified atom stereocenters. The van der Waals surface area contributed by atoms with Gasteiger partial charge in [-0.05, 0) is 18.2 Å². The van der Waals surface area contributed by atoms with Crippen LogP contribution in [0.4, 0.5) is 0 Å². The SMILES string of the molecule is O=C(O)CN(CC(=O)O)C(=O)c1cccc2[nH]ccc12. The van der Waals surface area contributed by atoms with E-state index in [0.29, 0.717) is 5.39 Å². The molecule has 1 amide bonds. The lowest BCUT2D eigenvalue weighted by Gasteiger charge is -2.18. The lowest BCUT2D eigenvalue weighted by Crippen LogP contribution is -2.39. The summed E-state index contributed by atoms with van der Waals surface area (Å²) in [4.78, 5) is 37.5. The smallest absolute Gasteiger partial charge is 0.323 e. The number of aromatic nitrogens is 1. The van der Waals surface area contributed by atoms with Crippen LogP contribution in [0.3, 0.4) is 0 Å². The van der Waals surface area contributed by atoms with Crippen LogP contribution in [0.5, 0.6) is 0 Å². The summed E-state index contributed by atoms with van der Waals surface area (Å²) in [5.41, 5.74) is 0.993. The topological polar surface area (TPSA) is 111 Å². The average molecular weight is 276 g/mol. The van der Waals surface area contributed by atoms with Crippen LogP contribution in [0.2, 0.25) is 0 Å². The molecule has 0 bridgehead atoms. The molecule has 0 spiro atoms. The van der Waals surface area contributed by atoms with Gasteiger partial charge in [0.1, 0.15) is 13.1 Å². The Bertz CT molecular complexity index is 660. The summed E-state index contributed by atoms with van der Waals surface area (Å²) in [6, 6.07) is 6.63. The summed E-state index contributed by atoms with van der Waals surface area (Å²) in [5.74, 6) is -3.15. The minimum atomic E-state index is -1.26. The highest BCUT2D eigenvalue weighted by Gasteiger charge is 2.22. The molecule has 3 N–H and O–H groups in total. The zero-order valence-corrected chi connectivity index (χ0v) is 10.4. The molecule has 0 saturated heterocycles. The molecule has 2 aromatic rings. The minimum Gasteiger partial charge on any atom is -0.480 e. The molecule has 1 heterocycles. The molecule has 0 atom stereocenters. The number of carbonyl (C=O) groups excluding carboxylic acids is 1. The van der Waals surface area contributed by atoms with Crippen molar-refractivity contribution in [3.8, 4) is 0 Å². The summed E-state index contributed by atoms with van der Waals surface area (Å²) in [6.45, 7) is -1.32. The minimum absolute atomic E-state index is 0.270. The molecule has 7 nitrogen and oxygen atoms in total. The van der Waals surface area contributed by atoms with Gasteiger partial charge in [-0.1, -0.05) is 6.07 Å². The fourth-order valence-corrected chi connectivity index (χ4v) is 1.97. The van der Waals surface area contributed by atoms with E-state index in [1.165, 1.54) is 6.07 Å². The first-order valence-corrected chi connectivity index (χ1v) is 5.78. The van der Waals surface area contributed by atoms with Gasteiger partial charge in [0.2, 0.25) is 0 Å².